The van der Waals surface area contributed by atoms with E-state index in [2.05, 4.69) is 16.0 Å². The van der Waals surface area contributed by atoms with Crippen LogP contribution in [0.1, 0.15) is 30.5 Å². The first-order chi connectivity index (χ1) is 20.2. The van der Waals surface area contributed by atoms with Gasteiger partial charge in [0, 0.05) is 42.3 Å². The van der Waals surface area contributed by atoms with Crippen LogP contribution in [-0.4, -0.2) is 44.3 Å². The average molecular weight is 571 g/mol. The lowest BCUT2D eigenvalue weighted by atomic mass is 9.95. The Kier molecular flexibility index (Phi) is 8.06. The van der Waals surface area contributed by atoms with E-state index in [-0.39, 0.29) is 29.5 Å². The summed E-state index contributed by atoms with van der Waals surface area (Å²) in [5, 5.41) is 9.88. The van der Waals surface area contributed by atoms with Gasteiger partial charge in [0.25, 0.3) is 0 Å². The standard InChI is InChI=1S/C32H34N4O6/c1-18(37)34-24-9-6-20-15-28(40-3)31(41-4)32(42-5)30(20)22-8-10-25(27(38)16-23(22)24)33-17-29(39)35-21-7-11-26-19(14-21)12-13-36(26)2/h7-8,10-16,24H,6,9,17H2,1-5H3,(H,33,38)(H,34,37)(H,35,39)/t24-/m1/s1. The molecule has 4 aromatic rings. The third-order valence-electron chi connectivity index (χ3n) is 7.52. The minimum absolute atomic E-state index is 0.114. The van der Waals surface area contributed by atoms with E-state index in [1.807, 2.05) is 54.2 Å². The minimum Gasteiger partial charge on any atom is -0.493 e. The van der Waals surface area contributed by atoms with Crippen molar-refractivity contribution < 1.29 is 23.8 Å². The van der Waals surface area contributed by atoms with Gasteiger partial charge < -0.3 is 34.7 Å². The number of rotatable bonds is 8. The average Bonchev–Trinajstić information content (AvgIpc) is 3.17. The maximum atomic E-state index is 13.5. The topological polar surface area (TPSA) is 120 Å². The predicted octanol–water partition coefficient (Wildman–Crippen LogP) is 4.41. The zero-order valence-electron chi connectivity index (χ0n) is 24.3. The second-order valence-corrected chi connectivity index (χ2v) is 10.2. The highest BCUT2D eigenvalue weighted by Gasteiger charge is 2.29. The van der Waals surface area contributed by atoms with E-state index in [1.54, 1.807) is 20.3 Å². The lowest BCUT2D eigenvalue weighted by molar-refractivity contribution is -0.119. The number of methoxy groups -OCH3 is 3. The predicted molar refractivity (Wildman–Crippen MR) is 163 cm³/mol. The molecule has 218 valence electrons. The van der Waals surface area contributed by atoms with Crippen molar-refractivity contribution in [3.63, 3.8) is 0 Å². The molecule has 1 heterocycles. The van der Waals surface area contributed by atoms with Crippen molar-refractivity contribution in [2.24, 2.45) is 7.05 Å². The summed E-state index contributed by atoms with van der Waals surface area (Å²) in [6.07, 6.45) is 3.11. The van der Waals surface area contributed by atoms with Crippen LogP contribution in [0.5, 0.6) is 17.2 Å². The quantitative estimate of drug-likeness (QED) is 0.287. The summed E-state index contributed by atoms with van der Waals surface area (Å²) < 4.78 is 19.0. The number of amides is 2. The molecule has 10 nitrogen and oxygen atoms in total. The van der Waals surface area contributed by atoms with E-state index in [9.17, 15) is 14.4 Å². The van der Waals surface area contributed by atoms with Gasteiger partial charge in [-0.25, -0.2) is 0 Å². The van der Waals surface area contributed by atoms with E-state index in [0.29, 0.717) is 46.9 Å². The number of carbonyl (C=O) groups excluding carboxylic acids is 2. The lowest BCUT2D eigenvalue weighted by Crippen LogP contribution is -2.27. The second-order valence-electron chi connectivity index (χ2n) is 10.2. The Morgan fingerprint density at radius 3 is 2.48 bits per heavy atom. The molecule has 3 N–H and O–H groups in total. The van der Waals surface area contributed by atoms with E-state index in [4.69, 9.17) is 14.2 Å². The molecule has 1 aromatic heterocycles. The van der Waals surface area contributed by atoms with Gasteiger partial charge in [-0.15, -0.1) is 0 Å². The minimum atomic E-state index is -0.421. The molecule has 2 amide bonds. The van der Waals surface area contributed by atoms with Crippen LogP contribution in [0.25, 0.3) is 22.0 Å². The maximum Gasteiger partial charge on any atom is 0.243 e. The summed E-state index contributed by atoms with van der Waals surface area (Å²) in [4.78, 5) is 38.4. The van der Waals surface area contributed by atoms with Gasteiger partial charge in [-0.05, 0) is 72.0 Å². The van der Waals surface area contributed by atoms with Crippen molar-refractivity contribution >= 4 is 34.1 Å². The summed E-state index contributed by atoms with van der Waals surface area (Å²) in [6.45, 7) is 1.34. The number of carbonyl (C=O) groups is 2. The Morgan fingerprint density at radius 2 is 1.76 bits per heavy atom. The van der Waals surface area contributed by atoms with Crippen LogP contribution in [0.2, 0.25) is 0 Å². The monoisotopic (exact) mass is 570 g/mol. The highest BCUT2D eigenvalue weighted by atomic mass is 16.5. The Labute approximate surface area is 243 Å². The van der Waals surface area contributed by atoms with E-state index >= 15 is 0 Å². The number of nitrogens with zero attached hydrogens (tertiary/aromatic N) is 1. The van der Waals surface area contributed by atoms with Crippen LogP contribution >= 0.6 is 0 Å². The molecule has 1 aliphatic carbocycles. The van der Waals surface area contributed by atoms with Crippen LogP contribution in [0, 0.1) is 0 Å². The molecule has 0 aliphatic heterocycles. The maximum absolute atomic E-state index is 13.5. The molecule has 0 saturated carbocycles. The number of aromatic nitrogens is 1. The van der Waals surface area contributed by atoms with Crippen LogP contribution in [-0.2, 0) is 23.1 Å². The van der Waals surface area contributed by atoms with Gasteiger partial charge in [0.05, 0.1) is 39.6 Å². The van der Waals surface area contributed by atoms with Crippen LogP contribution in [0.4, 0.5) is 11.4 Å². The normalized spacial score (nSPS) is 13.8. The molecule has 0 unspecified atom stereocenters. The number of ether oxygens (including phenoxy) is 3. The largest absolute Gasteiger partial charge is 0.493 e. The molecule has 1 atom stereocenters. The van der Waals surface area contributed by atoms with Crippen LogP contribution < -0.4 is 35.6 Å². The first-order valence-corrected chi connectivity index (χ1v) is 13.6. The summed E-state index contributed by atoms with van der Waals surface area (Å²) in [6, 6.07) is 14.1. The Morgan fingerprint density at radius 1 is 0.976 bits per heavy atom. The van der Waals surface area contributed by atoms with Gasteiger partial charge in [0.1, 0.15) is 0 Å². The van der Waals surface area contributed by atoms with Crippen molar-refractivity contribution in [3.8, 4) is 28.4 Å². The molecular weight excluding hydrogens is 536 g/mol. The van der Waals surface area contributed by atoms with Gasteiger partial charge in [-0.3, -0.25) is 14.4 Å². The molecule has 0 spiro atoms. The highest BCUT2D eigenvalue weighted by molar-refractivity contribution is 5.96. The molecule has 0 bridgehead atoms. The number of hydrogen-bond donors (Lipinski definition) is 3. The molecule has 3 aromatic carbocycles. The zero-order valence-corrected chi connectivity index (χ0v) is 24.3. The van der Waals surface area contributed by atoms with Gasteiger partial charge in [0.2, 0.25) is 23.0 Å². The first-order valence-electron chi connectivity index (χ1n) is 13.6. The molecule has 0 fully saturated rings. The fraction of sp³-hybridized carbons (Fsp3) is 0.281. The summed E-state index contributed by atoms with van der Waals surface area (Å²) in [7, 11) is 6.61. The molecule has 42 heavy (non-hydrogen) atoms. The second kappa shape index (κ2) is 11.9. The van der Waals surface area contributed by atoms with Gasteiger partial charge in [0.15, 0.2) is 11.5 Å². The van der Waals surface area contributed by atoms with Crippen molar-refractivity contribution in [2.45, 2.75) is 25.8 Å². The van der Waals surface area contributed by atoms with Crippen molar-refractivity contribution in [2.75, 3.05) is 38.5 Å². The fourth-order valence-corrected chi connectivity index (χ4v) is 5.59. The van der Waals surface area contributed by atoms with Crippen molar-refractivity contribution in [3.05, 3.63) is 76.1 Å². The molecular formula is C32H34N4O6. The Balaban J connectivity index is 1.50. The van der Waals surface area contributed by atoms with Gasteiger partial charge in [-0.2, -0.15) is 0 Å². The lowest BCUT2D eigenvalue weighted by Gasteiger charge is -2.19. The fourth-order valence-electron chi connectivity index (χ4n) is 5.59. The van der Waals surface area contributed by atoms with Gasteiger partial charge in [-0.1, -0.05) is 6.07 Å². The summed E-state index contributed by atoms with van der Waals surface area (Å²) in [5.41, 5.74) is 4.71. The molecule has 5 rings (SSSR count). The van der Waals surface area contributed by atoms with E-state index in [1.165, 1.54) is 20.1 Å². The van der Waals surface area contributed by atoms with Gasteiger partial charge >= 0.3 is 0 Å². The number of hydrogen-bond acceptors (Lipinski definition) is 7. The number of anilines is 2. The third kappa shape index (κ3) is 5.47. The molecule has 10 heteroatoms. The van der Waals surface area contributed by atoms with Crippen molar-refractivity contribution in [1.29, 1.82) is 0 Å². The smallest absolute Gasteiger partial charge is 0.243 e. The number of fused-ring (bicyclic) bond motifs is 4. The summed E-state index contributed by atoms with van der Waals surface area (Å²) >= 11 is 0. The number of aryl methyl sites for hydroxylation is 2. The third-order valence-corrected chi connectivity index (χ3v) is 7.52. The Bertz CT molecular complexity index is 1750. The zero-order chi connectivity index (χ0) is 30.0. The number of nitrogens with one attached hydrogen (secondary N) is 3. The van der Waals surface area contributed by atoms with E-state index in [0.717, 1.165) is 22.0 Å². The SMILES string of the molecule is COc1cc2c(c(OC)c1OC)-c1ccc(NCC(=O)Nc3ccc4c(ccn4C)c3)c(=O)cc1[C@H](NC(C)=O)CC2. The summed E-state index contributed by atoms with van der Waals surface area (Å²) in [5.74, 6) is 0.927. The van der Waals surface area contributed by atoms with Crippen molar-refractivity contribution in [1.82, 2.24) is 9.88 Å². The number of benzene rings is 2. The van der Waals surface area contributed by atoms with Crippen LogP contribution in [0.3, 0.4) is 0 Å². The van der Waals surface area contributed by atoms with E-state index < -0.39 is 6.04 Å². The highest BCUT2D eigenvalue weighted by Crippen LogP contribution is 2.50. The molecule has 0 radical (unpaired) electrons. The van der Waals surface area contributed by atoms with Crippen LogP contribution in [0.15, 0.2) is 59.5 Å². The Hall–Kier alpha value is -4.99. The molecule has 0 saturated heterocycles. The first kappa shape index (κ1) is 28.5. The molecule has 1 aliphatic rings.